The van der Waals surface area contributed by atoms with Gasteiger partial charge in [0.2, 0.25) is 0 Å². The Labute approximate surface area is 110 Å². The molecule has 1 aromatic rings. The number of carbonyl (C=O) groups is 1. The van der Waals surface area contributed by atoms with Gasteiger partial charge in [-0.2, -0.15) is 11.8 Å². The topological polar surface area (TPSA) is 55.6 Å². The van der Waals surface area contributed by atoms with Crippen LogP contribution in [-0.2, 0) is 4.74 Å². The van der Waals surface area contributed by atoms with Crippen LogP contribution in [0.2, 0.25) is 0 Å². The van der Waals surface area contributed by atoms with Gasteiger partial charge in [-0.25, -0.2) is 0 Å². The number of hydrogen-bond donors (Lipinski definition) is 0. The van der Waals surface area contributed by atoms with Gasteiger partial charge < -0.3 is 14.2 Å². The van der Waals surface area contributed by atoms with Crippen molar-refractivity contribution in [2.45, 2.75) is 24.6 Å². The highest BCUT2D eigenvalue weighted by atomic mass is 32.2. The molecule has 0 N–H and O–H groups in total. The van der Waals surface area contributed by atoms with Crippen LogP contribution in [0.15, 0.2) is 10.6 Å². The van der Waals surface area contributed by atoms with Gasteiger partial charge in [0.05, 0.1) is 6.61 Å². The summed E-state index contributed by atoms with van der Waals surface area (Å²) in [5.74, 6) is 1.63. The van der Waals surface area contributed by atoms with Crippen molar-refractivity contribution in [2.75, 3.05) is 25.5 Å². The zero-order valence-corrected chi connectivity index (χ0v) is 11.1. The van der Waals surface area contributed by atoms with Crippen LogP contribution < -0.4 is 0 Å². The fourth-order valence-electron chi connectivity index (χ4n) is 2.55. The Balaban J connectivity index is 1.79. The minimum absolute atomic E-state index is 0.0101. The summed E-state index contributed by atoms with van der Waals surface area (Å²) in [6, 6.07) is 1.99. The minimum atomic E-state index is -0.0101. The van der Waals surface area contributed by atoms with Gasteiger partial charge in [0.25, 0.3) is 5.91 Å². The normalized spacial score (nSPS) is 27.9. The first-order chi connectivity index (χ1) is 8.75. The van der Waals surface area contributed by atoms with E-state index in [1.165, 1.54) is 0 Å². The second-order valence-electron chi connectivity index (χ2n) is 4.66. The third-order valence-corrected chi connectivity index (χ3v) is 4.74. The van der Waals surface area contributed by atoms with Crippen molar-refractivity contribution in [1.82, 2.24) is 10.1 Å². The zero-order valence-electron chi connectivity index (χ0n) is 10.3. The van der Waals surface area contributed by atoms with Crippen LogP contribution in [0.5, 0.6) is 0 Å². The SMILES string of the molecule is Cc1cc(C(=O)N2CCSC3COCCC32)no1. The largest absolute Gasteiger partial charge is 0.380 e. The summed E-state index contributed by atoms with van der Waals surface area (Å²) in [5.41, 5.74) is 0.421. The van der Waals surface area contributed by atoms with E-state index in [2.05, 4.69) is 5.16 Å². The predicted octanol–water partition coefficient (Wildman–Crippen LogP) is 1.33. The van der Waals surface area contributed by atoms with Gasteiger partial charge >= 0.3 is 0 Å². The molecular formula is C12H16N2O3S. The monoisotopic (exact) mass is 268 g/mol. The van der Waals surface area contributed by atoms with E-state index < -0.39 is 0 Å². The number of rotatable bonds is 1. The lowest BCUT2D eigenvalue weighted by Gasteiger charge is -2.43. The number of thioether (sulfide) groups is 1. The number of amides is 1. The van der Waals surface area contributed by atoms with Crippen LogP contribution >= 0.6 is 11.8 Å². The molecule has 2 aliphatic heterocycles. The van der Waals surface area contributed by atoms with Gasteiger partial charge in [-0.1, -0.05) is 5.16 Å². The molecule has 98 valence electrons. The van der Waals surface area contributed by atoms with E-state index in [1.807, 2.05) is 16.7 Å². The molecule has 18 heavy (non-hydrogen) atoms. The van der Waals surface area contributed by atoms with Crippen LogP contribution in [0.1, 0.15) is 22.7 Å². The molecule has 2 unspecified atom stereocenters. The number of fused-ring (bicyclic) bond motifs is 1. The average molecular weight is 268 g/mol. The summed E-state index contributed by atoms with van der Waals surface area (Å²) in [5, 5.41) is 4.23. The number of hydrogen-bond acceptors (Lipinski definition) is 5. The summed E-state index contributed by atoms with van der Waals surface area (Å²) in [6.07, 6.45) is 0.917. The summed E-state index contributed by atoms with van der Waals surface area (Å²) in [4.78, 5) is 14.4. The maximum Gasteiger partial charge on any atom is 0.276 e. The third kappa shape index (κ3) is 2.14. The first kappa shape index (κ1) is 12.0. The maximum absolute atomic E-state index is 12.4. The smallest absolute Gasteiger partial charge is 0.276 e. The van der Waals surface area contributed by atoms with Crippen LogP contribution in [0.4, 0.5) is 0 Å². The highest BCUT2D eigenvalue weighted by Crippen LogP contribution is 2.31. The second-order valence-corrected chi connectivity index (χ2v) is 6.01. The van der Waals surface area contributed by atoms with Crippen LogP contribution in [0.3, 0.4) is 0 Å². The number of ether oxygens (including phenoxy) is 1. The quantitative estimate of drug-likeness (QED) is 0.769. The number of aryl methyl sites for hydroxylation is 1. The van der Waals surface area contributed by atoms with E-state index in [4.69, 9.17) is 9.26 Å². The zero-order chi connectivity index (χ0) is 12.5. The van der Waals surface area contributed by atoms with Crippen molar-refractivity contribution >= 4 is 17.7 Å². The molecule has 1 aromatic heterocycles. The lowest BCUT2D eigenvalue weighted by Crippen LogP contribution is -2.54. The molecule has 2 fully saturated rings. The van der Waals surface area contributed by atoms with E-state index in [1.54, 1.807) is 13.0 Å². The maximum atomic E-state index is 12.4. The molecule has 5 nitrogen and oxygen atoms in total. The molecule has 0 spiro atoms. The third-order valence-electron chi connectivity index (χ3n) is 3.44. The van der Waals surface area contributed by atoms with E-state index in [9.17, 15) is 4.79 Å². The summed E-state index contributed by atoms with van der Waals surface area (Å²) in [6.45, 7) is 4.07. The van der Waals surface area contributed by atoms with Crippen molar-refractivity contribution in [3.05, 3.63) is 17.5 Å². The van der Waals surface area contributed by atoms with Crippen molar-refractivity contribution in [3.63, 3.8) is 0 Å². The first-order valence-electron chi connectivity index (χ1n) is 6.19. The molecule has 3 heterocycles. The highest BCUT2D eigenvalue weighted by Gasteiger charge is 2.37. The summed E-state index contributed by atoms with van der Waals surface area (Å²) in [7, 11) is 0. The standard InChI is InChI=1S/C12H16N2O3S/c1-8-6-9(13-17-8)12(15)14-3-5-18-11-7-16-4-2-10(11)14/h6,10-11H,2-5,7H2,1H3. The second kappa shape index (κ2) is 4.93. The molecule has 0 aliphatic carbocycles. The Morgan fingerprint density at radius 3 is 3.28 bits per heavy atom. The van der Waals surface area contributed by atoms with Crippen molar-refractivity contribution in [3.8, 4) is 0 Å². The molecule has 2 atom stereocenters. The Kier molecular flexibility index (Phi) is 3.30. The fourth-order valence-corrected chi connectivity index (χ4v) is 3.85. The molecule has 2 saturated heterocycles. The van der Waals surface area contributed by atoms with Gasteiger partial charge in [0.15, 0.2) is 5.69 Å². The molecule has 3 rings (SSSR count). The Hall–Kier alpha value is -1.01. The van der Waals surface area contributed by atoms with Gasteiger partial charge in [-0.3, -0.25) is 4.79 Å². The molecule has 0 saturated carbocycles. The fraction of sp³-hybridized carbons (Fsp3) is 0.667. The number of carbonyl (C=O) groups excluding carboxylic acids is 1. The van der Waals surface area contributed by atoms with Crippen molar-refractivity contribution < 1.29 is 14.1 Å². The van der Waals surface area contributed by atoms with E-state index in [0.29, 0.717) is 16.7 Å². The summed E-state index contributed by atoms with van der Waals surface area (Å²) >= 11 is 1.91. The Bertz CT molecular complexity index is 446. The molecule has 1 amide bonds. The van der Waals surface area contributed by atoms with E-state index in [0.717, 1.165) is 31.9 Å². The average Bonchev–Trinajstić information content (AvgIpc) is 2.84. The number of aromatic nitrogens is 1. The molecule has 0 radical (unpaired) electrons. The van der Waals surface area contributed by atoms with Crippen LogP contribution in [0.25, 0.3) is 0 Å². The molecule has 2 aliphatic rings. The van der Waals surface area contributed by atoms with Gasteiger partial charge in [0, 0.05) is 36.3 Å². The summed E-state index contributed by atoms with van der Waals surface area (Å²) < 4.78 is 10.5. The van der Waals surface area contributed by atoms with Crippen molar-refractivity contribution in [1.29, 1.82) is 0 Å². The minimum Gasteiger partial charge on any atom is -0.380 e. The number of nitrogens with zero attached hydrogens (tertiary/aromatic N) is 2. The van der Waals surface area contributed by atoms with Gasteiger partial charge in [-0.15, -0.1) is 0 Å². The molecule has 6 heteroatoms. The molecular weight excluding hydrogens is 252 g/mol. The molecule has 0 aromatic carbocycles. The Morgan fingerprint density at radius 2 is 2.50 bits per heavy atom. The van der Waals surface area contributed by atoms with Gasteiger partial charge in [0.1, 0.15) is 5.76 Å². The lowest BCUT2D eigenvalue weighted by atomic mass is 10.1. The lowest BCUT2D eigenvalue weighted by molar-refractivity contribution is 0.0313. The predicted molar refractivity (Wildman–Crippen MR) is 67.7 cm³/mol. The van der Waals surface area contributed by atoms with Crippen molar-refractivity contribution in [2.24, 2.45) is 0 Å². The highest BCUT2D eigenvalue weighted by molar-refractivity contribution is 8.00. The first-order valence-corrected chi connectivity index (χ1v) is 7.24. The van der Waals surface area contributed by atoms with Crippen LogP contribution in [0, 0.1) is 6.92 Å². The van der Waals surface area contributed by atoms with Crippen LogP contribution in [-0.4, -0.2) is 52.8 Å². The van der Waals surface area contributed by atoms with E-state index >= 15 is 0 Å². The molecule has 0 bridgehead atoms. The Morgan fingerprint density at radius 1 is 1.61 bits per heavy atom. The van der Waals surface area contributed by atoms with Gasteiger partial charge in [-0.05, 0) is 13.3 Å². The van der Waals surface area contributed by atoms with E-state index in [-0.39, 0.29) is 11.9 Å².